The highest BCUT2D eigenvalue weighted by Gasteiger charge is 2.33. The molecule has 1 aliphatic heterocycles. The SMILES string of the molecule is CCC(N)Cc1ccc(N2CC(OC)C(OC)C2)c(C)c1. The molecule has 3 unspecified atom stereocenters. The average Bonchev–Trinajstić information content (AvgIpc) is 2.90. The van der Waals surface area contributed by atoms with Crippen LogP contribution in [0.4, 0.5) is 5.69 Å². The Morgan fingerprint density at radius 1 is 1.24 bits per heavy atom. The van der Waals surface area contributed by atoms with Crippen LogP contribution in [0.2, 0.25) is 0 Å². The summed E-state index contributed by atoms with van der Waals surface area (Å²) in [6.07, 6.45) is 2.24. The van der Waals surface area contributed by atoms with E-state index in [-0.39, 0.29) is 18.2 Å². The number of ether oxygens (including phenoxy) is 2. The predicted octanol–water partition coefficient (Wildman–Crippen LogP) is 2.12. The highest BCUT2D eigenvalue weighted by atomic mass is 16.5. The molecule has 0 aliphatic carbocycles. The van der Waals surface area contributed by atoms with Crippen LogP contribution in [0, 0.1) is 6.92 Å². The van der Waals surface area contributed by atoms with Crippen molar-refractivity contribution in [3.63, 3.8) is 0 Å². The van der Waals surface area contributed by atoms with Gasteiger partial charge in [-0.25, -0.2) is 0 Å². The zero-order valence-electron chi connectivity index (χ0n) is 13.6. The minimum Gasteiger partial charge on any atom is -0.377 e. The number of methoxy groups -OCH3 is 2. The second-order valence-corrected chi connectivity index (χ2v) is 5.95. The van der Waals surface area contributed by atoms with Gasteiger partial charge in [-0.3, -0.25) is 0 Å². The van der Waals surface area contributed by atoms with E-state index >= 15 is 0 Å². The van der Waals surface area contributed by atoms with E-state index in [2.05, 4.69) is 36.9 Å². The summed E-state index contributed by atoms with van der Waals surface area (Å²) in [6, 6.07) is 6.91. The Morgan fingerprint density at radius 2 is 1.86 bits per heavy atom. The van der Waals surface area contributed by atoms with Crippen molar-refractivity contribution in [2.75, 3.05) is 32.2 Å². The molecule has 1 fully saturated rings. The van der Waals surface area contributed by atoms with Crippen LogP contribution in [0.15, 0.2) is 18.2 Å². The van der Waals surface area contributed by atoms with Gasteiger partial charge in [0.05, 0.1) is 0 Å². The Balaban J connectivity index is 2.11. The Hall–Kier alpha value is -1.10. The summed E-state index contributed by atoms with van der Waals surface area (Å²) in [4.78, 5) is 2.35. The lowest BCUT2D eigenvalue weighted by Crippen LogP contribution is -2.27. The summed E-state index contributed by atoms with van der Waals surface area (Å²) in [5.41, 5.74) is 9.92. The van der Waals surface area contributed by atoms with Crippen LogP contribution in [-0.4, -0.2) is 45.6 Å². The number of anilines is 1. The highest BCUT2D eigenvalue weighted by Crippen LogP contribution is 2.27. The number of rotatable bonds is 6. The first-order valence-corrected chi connectivity index (χ1v) is 7.74. The Bertz CT molecular complexity index is 452. The molecule has 4 nitrogen and oxygen atoms in total. The van der Waals surface area contributed by atoms with Crippen LogP contribution >= 0.6 is 0 Å². The van der Waals surface area contributed by atoms with Crippen molar-refractivity contribution in [3.8, 4) is 0 Å². The maximum atomic E-state index is 6.04. The van der Waals surface area contributed by atoms with E-state index in [1.54, 1.807) is 14.2 Å². The largest absolute Gasteiger partial charge is 0.377 e. The second kappa shape index (κ2) is 7.25. The van der Waals surface area contributed by atoms with Crippen LogP contribution in [0.5, 0.6) is 0 Å². The number of hydrogen-bond acceptors (Lipinski definition) is 4. The molecule has 3 atom stereocenters. The van der Waals surface area contributed by atoms with Crippen molar-refractivity contribution in [1.29, 1.82) is 0 Å². The lowest BCUT2D eigenvalue weighted by Gasteiger charge is -2.21. The Labute approximate surface area is 128 Å². The molecule has 0 bridgehead atoms. The number of hydrogen-bond donors (Lipinski definition) is 1. The highest BCUT2D eigenvalue weighted by molar-refractivity contribution is 5.55. The number of benzene rings is 1. The molecule has 0 radical (unpaired) electrons. The van der Waals surface area contributed by atoms with Crippen molar-refractivity contribution in [1.82, 2.24) is 0 Å². The smallest absolute Gasteiger partial charge is 0.102 e. The van der Waals surface area contributed by atoms with E-state index in [9.17, 15) is 0 Å². The number of aryl methyl sites for hydroxylation is 1. The average molecular weight is 292 g/mol. The molecule has 2 rings (SSSR count). The fourth-order valence-corrected chi connectivity index (χ4v) is 3.04. The summed E-state index contributed by atoms with van der Waals surface area (Å²) in [5.74, 6) is 0. The molecule has 0 amide bonds. The summed E-state index contributed by atoms with van der Waals surface area (Å²) >= 11 is 0. The molecule has 0 aromatic heterocycles. The molecule has 1 saturated heterocycles. The van der Waals surface area contributed by atoms with Gasteiger partial charge in [-0.1, -0.05) is 19.1 Å². The summed E-state index contributed by atoms with van der Waals surface area (Å²) in [7, 11) is 3.50. The zero-order valence-corrected chi connectivity index (χ0v) is 13.6. The van der Waals surface area contributed by atoms with E-state index in [1.165, 1.54) is 16.8 Å². The van der Waals surface area contributed by atoms with Crippen molar-refractivity contribution in [2.24, 2.45) is 5.73 Å². The van der Waals surface area contributed by atoms with Gasteiger partial charge in [-0.15, -0.1) is 0 Å². The van der Waals surface area contributed by atoms with Gasteiger partial charge < -0.3 is 20.1 Å². The first-order valence-electron chi connectivity index (χ1n) is 7.74. The summed E-state index contributed by atoms with van der Waals surface area (Å²) in [6.45, 7) is 6.05. The van der Waals surface area contributed by atoms with E-state index in [1.807, 2.05) is 0 Å². The van der Waals surface area contributed by atoms with Gasteiger partial charge in [0.1, 0.15) is 12.2 Å². The predicted molar refractivity (Wildman–Crippen MR) is 87.0 cm³/mol. The maximum Gasteiger partial charge on any atom is 0.102 e. The van der Waals surface area contributed by atoms with Crippen LogP contribution < -0.4 is 10.6 Å². The van der Waals surface area contributed by atoms with Crippen molar-refractivity contribution in [2.45, 2.75) is 44.9 Å². The molecular weight excluding hydrogens is 264 g/mol. The Morgan fingerprint density at radius 3 is 2.33 bits per heavy atom. The second-order valence-electron chi connectivity index (χ2n) is 5.95. The molecule has 1 heterocycles. The third-order valence-corrected chi connectivity index (χ3v) is 4.44. The van der Waals surface area contributed by atoms with Crippen molar-refractivity contribution in [3.05, 3.63) is 29.3 Å². The first kappa shape index (κ1) is 16.3. The third kappa shape index (κ3) is 3.76. The van der Waals surface area contributed by atoms with Gasteiger partial charge in [0.2, 0.25) is 0 Å². The summed E-state index contributed by atoms with van der Waals surface area (Å²) in [5, 5.41) is 0. The topological polar surface area (TPSA) is 47.7 Å². The van der Waals surface area contributed by atoms with Gasteiger partial charge in [0, 0.05) is 39.0 Å². The van der Waals surface area contributed by atoms with E-state index in [0.29, 0.717) is 0 Å². The van der Waals surface area contributed by atoms with Crippen LogP contribution in [0.1, 0.15) is 24.5 Å². The lowest BCUT2D eigenvalue weighted by molar-refractivity contribution is -0.00461. The van der Waals surface area contributed by atoms with Crippen molar-refractivity contribution < 1.29 is 9.47 Å². The normalized spacial score (nSPS) is 23.6. The van der Waals surface area contributed by atoms with Gasteiger partial charge in [0.15, 0.2) is 0 Å². The molecule has 21 heavy (non-hydrogen) atoms. The van der Waals surface area contributed by atoms with Gasteiger partial charge >= 0.3 is 0 Å². The zero-order chi connectivity index (χ0) is 15.4. The Kier molecular flexibility index (Phi) is 5.62. The minimum absolute atomic E-state index is 0.141. The molecule has 1 aromatic rings. The third-order valence-electron chi connectivity index (χ3n) is 4.44. The molecule has 2 N–H and O–H groups in total. The van der Waals surface area contributed by atoms with E-state index < -0.39 is 0 Å². The first-order chi connectivity index (χ1) is 10.1. The molecule has 1 aromatic carbocycles. The van der Waals surface area contributed by atoms with Gasteiger partial charge in [-0.2, -0.15) is 0 Å². The fourth-order valence-electron chi connectivity index (χ4n) is 3.04. The summed E-state index contributed by atoms with van der Waals surface area (Å²) < 4.78 is 11.0. The molecule has 0 spiro atoms. The van der Waals surface area contributed by atoms with E-state index in [4.69, 9.17) is 15.2 Å². The quantitative estimate of drug-likeness (QED) is 0.872. The number of nitrogens with two attached hydrogens (primary N) is 1. The molecule has 0 saturated carbocycles. The number of nitrogens with zero attached hydrogens (tertiary/aromatic N) is 1. The van der Waals surface area contributed by atoms with Gasteiger partial charge in [-0.05, 0) is 37.0 Å². The van der Waals surface area contributed by atoms with Gasteiger partial charge in [0.25, 0.3) is 0 Å². The maximum absolute atomic E-state index is 6.04. The monoisotopic (exact) mass is 292 g/mol. The lowest BCUT2D eigenvalue weighted by atomic mass is 10.0. The van der Waals surface area contributed by atoms with Crippen molar-refractivity contribution >= 4 is 5.69 Å². The van der Waals surface area contributed by atoms with Crippen LogP contribution in [-0.2, 0) is 15.9 Å². The standard InChI is InChI=1S/C17H28N2O2/c1-5-14(18)9-13-6-7-15(12(2)8-13)19-10-16(20-3)17(11-19)21-4/h6-8,14,16-17H,5,9-11,18H2,1-4H3. The minimum atomic E-state index is 0.141. The molecule has 118 valence electrons. The molecule has 4 heteroatoms. The molecular formula is C17H28N2O2. The van der Waals surface area contributed by atoms with Crippen LogP contribution in [0.25, 0.3) is 0 Å². The van der Waals surface area contributed by atoms with Crippen LogP contribution in [0.3, 0.4) is 0 Å². The van der Waals surface area contributed by atoms with E-state index in [0.717, 1.165) is 25.9 Å². The molecule has 1 aliphatic rings. The fraction of sp³-hybridized carbons (Fsp3) is 0.647.